The molecule has 0 aromatic carbocycles. The fourth-order valence-corrected chi connectivity index (χ4v) is 0.680. The first-order valence-electron chi connectivity index (χ1n) is 3.37. The lowest BCUT2D eigenvalue weighted by Gasteiger charge is -2.08. The Bertz CT molecular complexity index is 287. The highest BCUT2D eigenvalue weighted by molar-refractivity contribution is 5.39. The summed E-state index contributed by atoms with van der Waals surface area (Å²) < 4.78 is 39.4. The molecule has 0 amide bonds. The van der Waals surface area contributed by atoms with Crippen LogP contribution in [-0.2, 0) is 0 Å². The average molecular weight is 192 g/mol. The van der Waals surface area contributed by atoms with Gasteiger partial charge in [0.2, 0.25) is 0 Å². The zero-order valence-electron chi connectivity index (χ0n) is 6.51. The smallest absolute Gasteiger partial charge is 0.422 e. The number of nitrogens with two attached hydrogens (primary N) is 1. The molecule has 1 aromatic heterocycles. The molecule has 0 aliphatic rings. The van der Waals surface area contributed by atoms with Gasteiger partial charge in [-0.15, -0.1) is 0 Å². The van der Waals surface area contributed by atoms with Crippen molar-refractivity contribution in [3.63, 3.8) is 0 Å². The zero-order chi connectivity index (χ0) is 9.90. The number of halogens is 3. The molecule has 1 heterocycles. The van der Waals surface area contributed by atoms with Gasteiger partial charge in [-0.25, -0.2) is 0 Å². The molecule has 1 aromatic rings. The molecule has 2 N–H and O–H groups in total. The van der Waals surface area contributed by atoms with Crippen molar-refractivity contribution in [2.75, 3.05) is 12.3 Å². The van der Waals surface area contributed by atoms with Gasteiger partial charge in [0, 0.05) is 6.07 Å². The van der Waals surface area contributed by atoms with Gasteiger partial charge in [0.05, 0.1) is 18.1 Å². The minimum absolute atomic E-state index is 0.0114. The second-order valence-electron chi connectivity index (χ2n) is 2.36. The van der Waals surface area contributed by atoms with E-state index in [0.29, 0.717) is 0 Å². The molecule has 0 fully saturated rings. The zero-order valence-corrected chi connectivity index (χ0v) is 6.51. The summed E-state index contributed by atoms with van der Waals surface area (Å²) in [5.41, 5.74) is 5.54. The number of aromatic nitrogens is 1. The summed E-state index contributed by atoms with van der Waals surface area (Å²) in [5.74, 6) is 0.0114. The van der Waals surface area contributed by atoms with Crippen LogP contribution in [0.15, 0.2) is 18.5 Å². The SMILES string of the molecule is Nc1cncc(OCC(F)(F)F)c1. The summed E-state index contributed by atoms with van der Waals surface area (Å²) in [4.78, 5) is 3.57. The number of nitrogen functional groups attached to an aromatic ring is 1. The van der Waals surface area contributed by atoms with Crippen LogP contribution in [0.3, 0.4) is 0 Å². The van der Waals surface area contributed by atoms with Crippen molar-refractivity contribution < 1.29 is 17.9 Å². The Morgan fingerprint density at radius 2 is 2.08 bits per heavy atom. The van der Waals surface area contributed by atoms with Crippen LogP contribution in [0.2, 0.25) is 0 Å². The normalized spacial score (nSPS) is 11.3. The molecule has 0 aliphatic heterocycles. The van der Waals surface area contributed by atoms with E-state index in [4.69, 9.17) is 5.73 Å². The van der Waals surface area contributed by atoms with E-state index in [0.717, 1.165) is 0 Å². The number of anilines is 1. The van der Waals surface area contributed by atoms with E-state index in [-0.39, 0.29) is 11.4 Å². The second kappa shape index (κ2) is 3.51. The van der Waals surface area contributed by atoms with Crippen LogP contribution in [-0.4, -0.2) is 17.8 Å². The van der Waals surface area contributed by atoms with Gasteiger partial charge in [0.1, 0.15) is 5.75 Å². The summed E-state index contributed by atoms with van der Waals surface area (Å²) in [6, 6.07) is 1.28. The van der Waals surface area contributed by atoms with Crippen molar-refractivity contribution in [3.8, 4) is 5.75 Å². The molecule has 0 bridgehead atoms. The molecule has 0 radical (unpaired) electrons. The van der Waals surface area contributed by atoms with Crippen LogP contribution in [0.5, 0.6) is 5.75 Å². The van der Waals surface area contributed by atoms with Gasteiger partial charge in [-0.2, -0.15) is 13.2 Å². The van der Waals surface area contributed by atoms with Crippen molar-refractivity contribution in [1.29, 1.82) is 0 Å². The Hall–Kier alpha value is -1.46. The highest BCUT2D eigenvalue weighted by Crippen LogP contribution is 2.18. The lowest BCUT2D eigenvalue weighted by atomic mass is 10.4. The van der Waals surface area contributed by atoms with Crippen LogP contribution in [0.25, 0.3) is 0 Å². The summed E-state index contributed by atoms with van der Waals surface area (Å²) >= 11 is 0. The molecule has 0 saturated heterocycles. The summed E-state index contributed by atoms with van der Waals surface area (Å²) in [6.07, 6.45) is -1.85. The van der Waals surface area contributed by atoms with E-state index in [1.165, 1.54) is 18.5 Å². The van der Waals surface area contributed by atoms with Gasteiger partial charge >= 0.3 is 6.18 Å². The molecule has 1 rings (SSSR count). The first kappa shape index (κ1) is 9.63. The Kier molecular flexibility index (Phi) is 2.60. The third-order valence-electron chi connectivity index (χ3n) is 1.14. The average Bonchev–Trinajstić information content (AvgIpc) is 2.00. The van der Waals surface area contributed by atoms with Crippen molar-refractivity contribution in [1.82, 2.24) is 4.98 Å². The molecule has 0 aliphatic carbocycles. The Morgan fingerprint density at radius 3 is 2.62 bits per heavy atom. The van der Waals surface area contributed by atoms with E-state index in [9.17, 15) is 13.2 Å². The van der Waals surface area contributed by atoms with Crippen LogP contribution >= 0.6 is 0 Å². The molecule has 0 spiro atoms. The molecule has 6 heteroatoms. The van der Waals surface area contributed by atoms with Crippen molar-refractivity contribution in [2.45, 2.75) is 6.18 Å². The van der Waals surface area contributed by atoms with E-state index in [1.807, 2.05) is 0 Å². The molecule has 0 atom stereocenters. The maximum atomic E-state index is 11.7. The number of hydrogen-bond acceptors (Lipinski definition) is 3. The van der Waals surface area contributed by atoms with Gasteiger partial charge in [-0.3, -0.25) is 4.98 Å². The minimum Gasteiger partial charge on any atom is -0.482 e. The Morgan fingerprint density at radius 1 is 1.38 bits per heavy atom. The monoisotopic (exact) mass is 192 g/mol. The Balaban J connectivity index is 2.55. The van der Waals surface area contributed by atoms with Crippen LogP contribution < -0.4 is 10.5 Å². The van der Waals surface area contributed by atoms with Gasteiger partial charge < -0.3 is 10.5 Å². The standard InChI is InChI=1S/C7H7F3N2O/c8-7(9,10)4-13-6-1-5(11)2-12-3-6/h1-3H,4,11H2. The fraction of sp³-hybridized carbons (Fsp3) is 0.286. The molecule has 0 saturated carbocycles. The van der Waals surface area contributed by atoms with Gasteiger partial charge in [0.15, 0.2) is 6.61 Å². The first-order chi connectivity index (χ1) is 5.97. The molecular weight excluding hydrogens is 185 g/mol. The highest BCUT2D eigenvalue weighted by Gasteiger charge is 2.28. The van der Waals surface area contributed by atoms with Crippen LogP contribution in [0.1, 0.15) is 0 Å². The van der Waals surface area contributed by atoms with Crippen molar-refractivity contribution in [3.05, 3.63) is 18.5 Å². The fourth-order valence-electron chi connectivity index (χ4n) is 0.680. The van der Waals surface area contributed by atoms with Gasteiger partial charge in [-0.1, -0.05) is 0 Å². The molecule has 72 valence electrons. The maximum absolute atomic E-state index is 11.7. The third kappa shape index (κ3) is 3.64. The summed E-state index contributed by atoms with van der Waals surface area (Å²) in [6.45, 7) is -1.34. The number of nitrogens with zero attached hydrogens (tertiary/aromatic N) is 1. The van der Waals surface area contributed by atoms with Gasteiger partial charge in [0.25, 0.3) is 0 Å². The minimum atomic E-state index is -4.34. The largest absolute Gasteiger partial charge is 0.482 e. The number of ether oxygens (including phenoxy) is 1. The van der Waals surface area contributed by atoms with E-state index < -0.39 is 12.8 Å². The molecular formula is C7H7F3N2O. The summed E-state index contributed by atoms with van der Waals surface area (Å²) in [5, 5.41) is 0. The van der Waals surface area contributed by atoms with E-state index in [2.05, 4.69) is 9.72 Å². The maximum Gasteiger partial charge on any atom is 0.422 e. The Labute approximate surface area is 72.3 Å². The van der Waals surface area contributed by atoms with E-state index >= 15 is 0 Å². The lowest BCUT2D eigenvalue weighted by molar-refractivity contribution is -0.153. The number of hydrogen-bond donors (Lipinski definition) is 1. The second-order valence-corrected chi connectivity index (χ2v) is 2.36. The third-order valence-corrected chi connectivity index (χ3v) is 1.14. The summed E-state index contributed by atoms with van der Waals surface area (Å²) in [7, 11) is 0. The van der Waals surface area contributed by atoms with Crippen LogP contribution in [0.4, 0.5) is 18.9 Å². The van der Waals surface area contributed by atoms with Crippen molar-refractivity contribution >= 4 is 5.69 Å². The quantitative estimate of drug-likeness (QED) is 0.774. The number of alkyl halides is 3. The predicted octanol–water partition coefficient (Wildman–Crippen LogP) is 1.60. The van der Waals surface area contributed by atoms with Crippen molar-refractivity contribution in [2.24, 2.45) is 0 Å². The highest BCUT2D eigenvalue weighted by atomic mass is 19.4. The number of pyridine rings is 1. The van der Waals surface area contributed by atoms with Gasteiger partial charge in [-0.05, 0) is 0 Å². The van der Waals surface area contributed by atoms with Crippen LogP contribution in [0, 0.1) is 0 Å². The lowest BCUT2D eigenvalue weighted by Crippen LogP contribution is -2.19. The molecule has 3 nitrogen and oxygen atoms in total. The molecule has 0 unspecified atom stereocenters. The topological polar surface area (TPSA) is 48.1 Å². The first-order valence-corrected chi connectivity index (χ1v) is 3.37. The molecule has 13 heavy (non-hydrogen) atoms. The predicted molar refractivity (Wildman–Crippen MR) is 40.2 cm³/mol. The number of rotatable bonds is 2. The van der Waals surface area contributed by atoms with E-state index in [1.54, 1.807) is 0 Å².